The van der Waals surface area contributed by atoms with Crippen LogP contribution in [-0.4, -0.2) is 20.6 Å². The molecular formula is C9H13ClN2O2. The summed E-state index contributed by atoms with van der Waals surface area (Å²) in [4.78, 5) is 15.1. The summed E-state index contributed by atoms with van der Waals surface area (Å²) < 4.78 is 1.96. The van der Waals surface area contributed by atoms with Crippen LogP contribution in [0.5, 0.6) is 0 Å². The number of imidazole rings is 1. The van der Waals surface area contributed by atoms with Crippen molar-refractivity contribution in [3.8, 4) is 0 Å². The third kappa shape index (κ3) is 1.75. The van der Waals surface area contributed by atoms with Crippen LogP contribution in [0.2, 0.25) is 0 Å². The number of fused-ring (bicyclic) bond motifs is 1. The highest BCUT2D eigenvalue weighted by molar-refractivity contribution is 5.85. The lowest BCUT2D eigenvalue weighted by molar-refractivity contribution is -0.139. The van der Waals surface area contributed by atoms with Gasteiger partial charge >= 0.3 is 5.97 Å². The number of nitrogens with zero attached hydrogens (tertiary/aromatic N) is 2. The van der Waals surface area contributed by atoms with Gasteiger partial charge in [0, 0.05) is 12.7 Å². The second kappa shape index (κ2) is 4.00. The normalized spacial score (nSPS) is 19.6. The van der Waals surface area contributed by atoms with Crippen molar-refractivity contribution in [2.24, 2.45) is 0 Å². The van der Waals surface area contributed by atoms with E-state index in [-0.39, 0.29) is 12.4 Å². The van der Waals surface area contributed by atoms with Gasteiger partial charge in [-0.25, -0.2) is 4.98 Å². The van der Waals surface area contributed by atoms with Gasteiger partial charge in [-0.2, -0.15) is 0 Å². The van der Waals surface area contributed by atoms with Crippen molar-refractivity contribution in [2.45, 2.75) is 32.2 Å². The van der Waals surface area contributed by atoms with Gasteiger partial charge < -0.3 is 9.67 Å². The Morgan fingerprint density at radius 2 is 2.43 bits per heavy atom. The lowest BCUT2D eigenvalue weighted by Gasteiger charge is -2.19. The molecule has 1 atom stereocenters. The summed E-state index contributed by atoms with van der Waals surface area (Å²) in [6.45, 7) is 2.80. The molecular weight excluding hydrogens is 204 g/mol. The zero-order valence-corrected chi connectivity index (χ0v) is 8.75. The van der Waals surface area contributed by atoms with E-state index >= 15 is 0 Å². The minimum absolute atomic E-state index is 0. The molecule has 1 aromatic heterocycles. The summed E-state index contributed by atoms with van der Waals surface area (Å²) in [5, 5.41) is 8.94. The Kier molecular flexibility index (Phi) is 3.16. The highest BCUT2D eigenvalue weighted by atomic mass is 35.5. The predicted octanol–water partition coefficient (Wildman–Crippen LogP) is 1.58. The average Bonchev–Trinajstić information content (AvgIpc) is 2.43. The van der Waals surface area contributed by atoms with Crippen LogP contribution in [0.15, 0.2) is 6.20 Å². The fourth-order valence-corrected chi connectivity index (χ4v) is 1.85. The van der Waals surface area contributed by atoms with Gasteiger partial charge in [0.1, 0.15) is 11.7 Å². The van der Waals surface area contributed by atoms with Gasteiger partial charge in [0.25, 0.3) is 0 Å². The molecule has 0 fully saturated rings. The summed E-state index contributed by atoms with van der Waals surface area (Å²) in [5.41, 5.74) is 0.906. The van der Waals surface area contributed by atoms with E-state index in [2.05, 4.69) is 4.98 Å². The number of carbonyl (C=O) groups is 1. The number of aliphatic carboxylic acids is 1. The second-order valence-corrected chi connectivity index (χ2v) is 3.47. The standard InChI is InChI=1S/C9H12N2O2.ClH/c1-6-5-11-4-2-3-7(9(12)13)8(11)10-6;/h5,7H,2-4H2,1H3,(H,12,13);1H. The van der Waals surface area contributed by atoms with E-state index < -0.39 is 11.9 Å². The molecule has 1 aliphatic rings. The minimum atomic E-state index is -0.758. The number of hydrogen-bond acceptors (Lipinski definition) is 2. The van der Waals surface area contributed by atoms with E-state index in [1.807, 2.05) is 17.7 Å². The molecule has 0 radical (unpaired) electrons. The molecule has 1 N–H and O–H groups in total. The lowest BCUT2D eigenvalue weighted by atomic mass is 9.99. The number of aryl methyl sites for hydroxylation is 2. The SMILES string of the molecule is Cc1cn2c(n1)C(C(=O)O)CCC2.Cl. The first-order chi connectivity index (χ1) is 6.18. The summed E-state index contributed by atoms with van der Waals surface area (Å²) in [5.74, 6) is -0.440. The quantitative estimate of drug-likeness (QED) is 0.776. The van der Waals surface area contributed by atoms with Gasteiger partial charge in [0.15, 0.2) is 0 Å². The highest BCUT2D eigenvalue weighted by Gasteiger charge is 2.27. The minimum Gasteiger partial charge on any atom is -0.481 e. The maximum absolute atomic E-state index is 10.9. The first kappa shape index (κ1) is 11.0. The third-order valence-corrected chi connectivity index (χ3v) is 2.43. The summed E-state index contributed by atoms with van der Waals surface area (Å²) in [7, 11) is 0. The average molecular weight is 217 g/mol. The van der Waals surface area contributed by atoms with Crippen molar-refractivity contribution in [1.29, 1.82) is 0 Å². The number of halogens is 1. The van der Waals surface area contributed by atoms with Crippen molar-refractivity contribution in [1.82, 2.24) is 9.55 Å². The van der Waals surface area contributed by atoms with Crippen LogP contribution in [0.3, 0.4) is 0 Å². The monoisotopic (exact) mass is 216 g/mol. The number of hydrogen-bond donors (Lipinski definition) is 1. The van der Waals surface area contributed by atoms with E-state index in [1.165, 1.54) is 0 Å². The molecule has 5 heteroatoms. The Hall–Kier alpha value is -1.03. The zero-order chi connectivity index (χ0) is 9.42. The molecule has 14 heavy (non-hydrogen) atoms. The van der Waals surface area contributed by atoms with Crippen molar-refractivity contribution in [3.05, 3.63) is 17.7 Å². The Labute approximate surface area is 88.4 Å². The zero-order valence-electron chi connectivity index (χ0n) is 7.93. The molecule has 0 aliphatic carbocycles. The third-order valence-electron chi connectivity index (χ3n) is 2.43. The van der Waals surface area contributed by atoms with Gasteiger partial charge in [-0.1, -0.05) is 0 Å². The van der Waals surface area contributed by atoms with Gasteiger partial charge in [0.05, 0.1) is 5.69 Å². The van der Waals surface area contributed by atoms with E-state index in [0.717, 1.165) is 24.5 Å². The van der Waals surface area contributed by atoms with Crippen molar-refractivity contribution in [3.63, 3.8) is 0 Å². The molecule has 1 aromatic rings. The molecule has 0 saturated heterocycles. The van der Waals surface area contributed by atoms with E-state index in [9.17, 15) is 4.79 Å². The number of carboxylic acids is 1. The second-order valence-electron chi connectivity index (χ2n) is 3.47. The fourth-order valence-electron chi connectivity index (χ4n) is 1.85. The smallest absolute Gasteiger partial charge is 0.314 e. The van der Waals surface area contributed by atoms with Crippen molar-refractivity contribution >= 4 is 18.4 Å². The number of carboxylic acid groups (broad SMARTS) is 1. The maximum Gasteiger partial charge on any atom is 0.314 e. The van der Waals surface area contributed by atoms with E-state index in [0.29, 0.717) is 6.42 Å². The summed E-state index contributed by atoms with van der Waals surface area (Å²) >= 11 is 0. The van der Waals surface area contributed by atoms with Crippen molar-refractivity contribution < 1.29 is 9.90 Å². The number of aromatic nitrogens is 2. The molecule has 78 valence electrons. The molecule has 1 unspecified atom stereocenters. The first-order valence-electron chi connectivity index (χ1n) is 4.45. The van der Waals surface area contributed by atoms with Gasteiger partial charge in [-0.05, 0) is 19.8 Å². The molecule has 2 rings (SSSR count). The summed E-state index contributed by atoms with van der Waals surface area (Å²) in [6, 6.07) is 0. The van der Waals surface area contributed by atoms with Crippen LogP contribution >= 0.6 is 12.4 Å². The van der Waals surface area contributed by atoms with Crippen LogP contribution in [0, 0.1) is 6.92 Å². The van der Waals surface area contributed by atoms with Crippen LogP contribution in [0.25, 0.3) is 0 Å². The van der Waals surface area contributed by atoms with Crippen LogP contribution < -0.4 is 0 Å². The fraction of sp³-hybridized carbons (Fsp3) is 0.556. The molecule has 0 amide bonds. The van der Waals surface area contributed by atoms with E-state index in [4.69, 9.17) is 5.11 Å². The molecule has 0 saturated carbocycles. The Morgan fingerprint density at radius 1 is 1.71 bits per heavy atom. The van der Waals surface area contributed by atoms with Crippen LogP contribution in [0.1, 0.15) is 30.3 Å². The Balaban J connectivity index is 0.000000980. The molecule has 0 aromatic carbocycles. The van der Waals surface area contributed by atoms with Gasteiger partial charge in [0.2, 0.25) is 0 Å². The van der Waals surface area contributed by atoms with Crippen molar-refractivity contribution in [2.75, 3.05) is 0 Å². The largest absolute Gasteiger partial charge is 0.481 e. The molecule has 0 spiro atoms. The Morgan fingerprint density at radius 3 is 3.07 bits per heavy atom. The lowest BCUT2D eigenvalue weighted by Crippen LogP contribution is -2.21. The first-order valence-corrected chi connectivity index (χ1v) is 4.45. The molecule has 4 nitrogen and oxygen atoms in total. The van der Waals surface area contributed by atoms with Crippen LogP contribution in [-0.2, 0) is 11.3 Å². The molecule has 2 heterocycles. The highest BCUT2D eigenvalue weighted by Crippen LogP contribution is 2.26. The number of rotatable bonds is 1. The van der Waals surface area contributed by atoms with Crippen LogP contribution in [0.4, 0.5) is 0 Å². The Bertz CT molecular complexity index is 349. The van der Waals surface area contributed by atoms with Gasteiger partial charge in [-0.3, -0.25) is 4.79 Å². The topological polar surface area (TPSA) is 55.1 Å². The molecule has 0 bridgehead atoms. The van der Waals surface area contributed by atoms with Gasteiger partial charge in [-0.15, -0.1) is 12.4 Å². The molecule has 1 aliphatic heterocycles. The maximum atomic E-state index is 10.9. The predicted molar refractivity (Wildman–Crippen MR) is 53.8 cm³/mol. The summed E-state index contributed by atoms with van der Waals surface area (Å²) in [6.07, 6.45) is 3.57. The van der Waals surface area contributed by atoms with E-state index in [1.54, 1.807) is 0 Å².